The minimum absolute atomic E-state index is 0.0631. The smallest absolute Gasteiger partial charge is 0.433 e. The number of aromatic nitrogens is 2. The topological polar surface area (TPSA) is 67.4 Å². The van der Waals surface area contributed by atoms with Gasteiger partial charge in [0.1, 0.15) is 29.5 Å². The number of hydrogen-bond donors (Lipinski definition) is 2. The second kappa shape index (κ2) is 7.54. The van der Waals surface area contributed by atoms with Crippen molar-refractivity contribution < 1.29 is 27.8 Å². The highest BCUT2D eigenvalue weighted by Crippen LogP contribution is 2.34. The molecule has 1 aromatic heterocycles. The molecule has 2 aromatic carbocycles. The van der Waals surface area contributed by atoms with Crippen LogP contribution in [0, 0.1) is 0 Å². The summed E-state index contributed by atoms with van der Waals surface area (Å²) in [5.74, 6) is 1.36. The lowest BCUT2D eigenvalue weighted by Gasteiger charge is -2.19. The molecule has 29 heavy (non-hydrogen) atoms. The van der Waals surface area contributed by atoms with Gasteiger partial charge < -0.3 is 14.6 Å². The zero-order valence-corrected chi connectivity index (χ0v) is 15.2. The Labute approximate surface area is 164 Å². The van der Waals surface area contributed by atoms with Crippen molar-refractivity contribution in [2.24, 2.45) is 0 Å². The molecule has 5 nitrogen and oxygen atoms in total. The van der Waals surface area contributed by atoms with Crippen LogP contribution in [0.1, 0.15) is 22.4 Å². The summed E-state index contributed by atoms with van der Waals surface area (Å²) in [6.07, 6.45) is -1.23. The number of phenols is 1. The van der Waals surface area contributed by atoms with E-state index in [2.05, 4.69) is 5.10 Å². The fourth-order valence-corrected chi connectivity index (χ4v) is 3.10. The zero-order chi connectivity index (χ0) is 20.4. The standard InChI is InChI=1S/C21H17F3N2O3/c22-21(23,24)20-15(11-25-26-20)7-8-28-18-6-3-14-9-16(12-29-19(14)10-18)13-1-4-17(27)5-2-13/h1-6,9-11,27H,7-8,12H2,(H,25,26). The largest absolute Gasteiger partial charge is 0.508 e. The van der Waals surface area contributed by atoms with Crippen molar-refractivity contribution in [1.82, 2.24) is 10.2 Å². The van der Waals surface area contributed by atoms with Gasteiger partial charge >= 0.3 is 6.18 Å². The van der Waals surface area contributed by atoms with Gasteiger partial charge in [0.2, 0.25) is 0 Å². The van der Waals surface area contributed by atoms with Crippen molar-refractivity contribution in [3.05, 3.63) is 71.0 Å². The van der Waals surface area contributed by atoms with Crippen LogP contribution >= 0.6 is 0 Å². The lowest BCUT2D eigenvalue weighted by molar-refractivity contribution is -0.141. The second-order valence-electron chi connectivity index (χ2n) is 6.57. The molecule has 0 fully saturated rings. The SMILES string of the molecule is Oc1ccc(C2=Cc3ccc(OCCc4cn[nH]c4C(F)(F)F)cc3OC2)cc1. The first kappa shape index (κ1) is 18.9. The quantitative estimate of drug-likeness (QED) is 0.650. The van der Waals surface area contributed by atoms with Crippen LogP contribution in [0.3, 0.4) is 0 Å². The number of fused-ring (bicyclic) bond motifs is 1. The number of hydrogen-bond acceptors (Lipinski definition) is 4. The molecule has 0 radical (unpaired) electrons. The van der Waals surface area contributed by atoms with Gasteiger partial charge in [0.05, 0.1) is 12.8 Å². The Morgan fingerprint density at radius 2 is 1.93 bits per heavy atom. The summed E-state index contributed by atoms with van der Waals surface area (Å²) >= 11 is 0. The van der Waals surface area contributed by atoms with Crippen molar-refractivity contribution in [3.8, 4) is 17.2 Å². The number of ether oxygens (including phenoxy) is 2. The first-order valence-corrected chi connectivity index (χ1v) is 8.89. The van der Waals surface area contributed by atoms with E-state index in [0.717, 1.165) is 22.9 Å². The third-order valence-corrected chi connectivity index (χ3v) is 4.58. The monoisotopic (exact) mass is 402 g/mol. The molecule has 150 valence electrons. The third-order valence-electron chi connectivity index (χ3n) is 4.58. The van der Waals surface area contributed by atoms with E-state index in [0.29, 0.717) is 18.1 Å². The van der Waals surface area contributed by atoms with Crippen LogP contribution in [0.4, 0.5) is 13.2 Å². The van der Waals surface area contributed by atoms with Crippen molar-refractivity contribution >= 4 is 11.6 Å². The van der Waals surface area contributed by atoms with E-state index < -0.39 is 11.9 Å². The number of aromatic hydroxyl groups is 1. The van der Waals surface area contributed by atoms with Gasteiger partial charge in [-0.1, -0.05) is 12.1 Å². The summed E-state index contributed by atoms with van der Waals surface area (Å²) in [7, 11) is 0. The lowest BCUT2D eigenvalue weighted by atomic mass is 10.0. The number of rotatable bonds is 5. The fraction of sp³-hybridized carbons (Fsp3) is 0.190. The van der Waals surface area contributed by atoms with Gasteiger partial charge in [0.15, 0.2) is 0 Å². The molecule has 0 saturated heterocycles. The van der Waals surface area contributed by atoms with Crippen LogP contribution < -0.4 is 9.47 Å². The van der Waals surface area contributed by atoms with Gasteiger partial charge in [-0.05, 0) is 41.5 Å². The highest BCUT2D eigenvalue weighted by atomic mass is 19.4. The summed E-state index contributed by atoms with van der Waals surface area (Å²) in [6.45, 7) is 0.446. The van der Waals surface area contributed by atoms with Crippen LogP contribution in [0.25, 0.3) is 11.6 Å². The van der Waals surface area contributed by atoms with Gasteiger partial charge in [-0.25, -0.2) is 0 Å². The Hall–Kier alpha value is -3.42. The first-order valence-electron chi connectivity index (χ1n) is 8.89. The van der Waals surface area contributed by atoms with Gasteiger partial charge in [-0.2, -0.15) is 18.3 Å². The number of phenolic OH excluding ortho intramolecular Hbond substituents is 1. The fourth-order valence-electron chi connectivity index (χ4n) is 3.10. The number of benzene rings is 2. The number of alkyl halides is 3. The van der Waals surface area contributed by atoms with Gasteiger partial charge in [0.25, 0.3) is 0 Å². The van der Waals surface area contributed by atoms with Crippen molar-refractivity contribution in [3.63, 3.8) is 0 Å². The maximum absolute atomic E-state index is 12.8. The number of aromatic amines is 1. The second-order valence-corrected chi connectivity index (χ2v) is 6.57. The minimum Gasteiger partial charge on any atom is -0.508 e. The van der Waals surface area contributed by atoms with Gasteiger partial charge in [-0.15, -0.1) is 0 Å². The highest BCUT2D eigenvalue weighted by molar-refractivity contribution is 5.85. The molecule has 0 atom stereocenters. The average molecular weight is 402 g/mol. The highest BCUT2D eigenvalue weighted by Gasteiger charge is 2.35. The van der Waals surface area contributed by atoms with Crippen LogP contribution in [-0.2, 0) is 12.6 Å². The molecule has 0 unspecified atom stereocenters. The van der Waals surface area contributed by atoms with Crippen molar-refractivity contribution in [1.29, 1.82) is 0 Å². The van der Waals surface area contributed by atoms with E-state index in [1.54, 1.807) is 24.3 Å². The van der Waals surface area contributed by atoms with Crippen LogP contribution in [-0.4, -0.2) is 28.5 Å². The number of nitrogens with zero attached hydrogens (tertiary/aromatic N) is 1. The molecule has 8 heteroatoms. The Morgan fingerprint density at radius 1 is 1.14 bits per heavy atom. The van der Waals surface area contributed by atoms with Crippen LogP contribution in [0.2, 0.25) is 0 Å². The Morgan fingerprint density at radius 3 is 2.69 bits per heavy atom. The zero-order valence-electron chi connectivity index (χ0n) is 15.2. The van der Waals surface area contributed by atoms with Crippen LogP contribution in [0.5, 0.6) is 17.2 Å². The Bertz CT molecular complexity index is 1040. The van der Waals surface area contributed by atoms with E-state index in [-0.39, 0.29) is 24.3 Å². The van der Waals surface area contributed by atoms with E-state index in [4.69, 9.17) is 9.47 Å². The molecule has 1 aliphatic heterocycles. The molecular formula is C21H17F3N2O3. The maximum Gasteiger partial charge on any atom is 0.433 e. The van der Waals surface area contributed by atoms with Crippen molar-refractivity contribution in [2.45, 2.75) is 12.6 Å². The molecule has 3 aromatic rings. The number of H-pyrrole nitrogens is 1. The van der Waals surface area contributed by atoms with E-state index in [1.165, 1.54) is 0 Å². The molecule has 0 bridgehead atoms. The minimum atomic E-state index is -4.47. The molecule has 4 rings (SSSR count). The van der Waals surface area contributed by atoms with Gasteiger partial charge in [-0.3, -0.25) is 5.10 Å². The molecule has 0 aliphatic carbocycles. The summed E-state index contributed by atoms with van der Waals surface area (Å²) in [6, 6.07) is 12.2. The normalized spacial score (nSPS) is 13.4. The Balaban J connectivity index is 1.42. The summed E-state index contributed by atoms with van der Waals surface area (Å²) in [4.78, 5) is 0. The summed E-state index contributed by atoms with van der Waals surface area (Å²) in [5.41, 5.74) is 2.02. The molecule has 0 amide bonds. The van der Waals surface area contributed by atoms with Gasteiger partial charge in [0, 0.05) is 23.6 Å². The third kappa shape index (κ3) is 4.21. The molecule has 0 spiro atoms. The predicted octanol–water partition coefficient (Wildman–Crippen LogP) is 4.69. The molecule has 2 heterocycles. The molecular weight excluding hydrogens is 385 g/mol. The first-order chi connectivity index (χ1) is 13.9. The summed E-state index contributed by atoms with van der Waals surface area (Å²) < 4.78 is 49.9. The van der Waals surface area contributed by atoms with E-state index >= 15 is 0 Å². The average Bonchev–Trinajstić information content (AvgIpc) is 3.17. The summed E-state index contributed by atoms with van der Waals surface area (Å²) in [5, 5.41) is 14.9. The molecule has 2 N–H and O–H groups in total. The lowest BCUT2D eigenvalue weighted by Crippen LogP contribution is -2.11. The van der Waals surface area contributed by atoms with Crippen molar-refractivity contribution in [2.75, 3.05) is 13.2 Å². The van der Waals surface area contributed by atoms with Crippen LogP contribution in [0.15, 0.2) is 48.7 Å². The molecule has 0 saturated carbocycles. The van der Waals surface area contributed by atoms with E-state index in [9.17, 15) is 18.3 Å². The Kier molecular flexibility index (Phi) is 4.92. The van der Waals surface area contributed by atoms with E-state index in [1.807, 2.05) is 29.4 Å². The predicted molar refractivity (Wildman–Crippen MR) is 101 cm³/mol. The maximum atomic E-state index is 12.8. The number of halogens is 3. The number of nitrogens with one attached hydrogen (secondary N) is 1. The molecule has 1 aliphatic rings.